The predicted octanol–water partition coefficient (Wildman–Crippen LogP) is 3.22. The normalized spacial score (nSPS) is 10.5. The van der Waals surface area contributed by atoms with Gasteiger partial charge in [-0.3, -0.25) is 9.78 Å². The van der Waals surface area contributed by atoms with E-state index in [0.29, 0.717) is 21.4 Å². The van der Waals surface area contributed by atoms with Gasteiger partial charge in [0.05, 0.1) is 11.4 Å². The number of nitrogens with one attached hydrogen (secondary N) is 1. The molecule has 6 nitrogen and oxygen atoms in total. The Morgan fingerprint density at radius 2 is 1.95 bits per heavy atom. The molecule has 0 saturated carbocycles. The monoisotopic (exact) mass is 333 g/mol. The largest absolute Gasteiger partial charge is 0.319 e. The second-order valence-corrected chi connectivity index (χ2v) is 5.19. The molecule has 2 heterocycles. The molecule has 22 heavy (non-hydrogen) atoms. The van der Waals surface area contributed by atoms with Crippen molar-refractivity contribution in [2.45, 2.75) is 0 Å². The minimum absolute atomic E-state index is 0.206. The smallest absolute Gasteiger partial charge is 0.274 e. The fraction of sp³-hybridized carbons (Fsp3) is 0. The Balaban J connectivity index is 1.95. The molecule has 0 unspecified atom stereocenters. The van der Waals surface area contributed by atoms with Crippen molar-refractivity contribution < 1.29 is 4.79 Å². The number of amides is 1. The number of pyridine rings is 1. The summed E-state index contributed by atoms with van der Waals surface area (Å²) < 4.78 is 1.53. The predicted molar refractivity (Wildman–Crippen MR) is 83.6 cm³/mol. The second kappa shape index (κ2) is 6.13. The van der Waals surface area contributed by atoms with Crippen molar-refractivity contribution in [3.63, 3.8) is 0 Å². The molecule has 0 fully saturated rings. The van der Waals surface area contributed by atoms with Gasteiger partial charge in [-0.1, -0.05) is 23.2 Å². The van der Waals surface area contributed by atoms with Gasteiger partial charge < -0.3 is 5.32 Å². The van der Waals surface area contributed by atoms with Gasteiger partial charge in [-0.2, -0.15) is 5.10 Å². The summed E-state index contributed by atoms with van der Waals surface area (Å²) in [6.45, 7) is 0. The van der Waals surface area contributed by atoms with E-state index in [1.54, 1.807) is 24.3 Å². The van der Waals surface area contributed by atoms with E-state index in [9.17, 15) is 4.79 Å². The molecule has 8 heteroatoms. The fourth-order valence-corrected chi connectivity index (χ4v) is 2.19. The summed E-state index contributed by atoms with van der Waals surface area (Å²) in [4.78, 5) is 20.2. The Labute approximate surface area is 135 Å². The van der Waals surface area contributed by atoms with Crippen LogP contribution in [-0.2, 0) is 0 Å². The molecule has 0 bridgehead atoms. The Morgan fingerprint density at radius 1 is 1.14 bits per heavy atom. The van der Waals surface area contributed by atoms with Crippen molar-refractivity contribution in [3.8, 4) is 5.69 Å². The quantitative estimate of drug-likeness (QED) is 0.798. The van der Waals surface area contributed by atoms with Crippen LogP contribution in [0.15, 0.2) is 49.2 Å². The van der Waals surface area contributed by atoms with Crippen LogP contribution >= 0.6 is 23.2 Å². The third-order valence-corrected chi connectivity index (χ3v) is 3.30. The zero-order valence-corrected chi connectivity index (χ0v) is 12.6. The van der Waals surface area contributed by atoms with Gasteiger partial charge in [0.25, 0.3) is 5.91 Å². The number of carbonyl (C=O) groups excluding carboxylic acids is 1. The van der Waals surface area contributed by atoms with Crippen LogP contribution in [-0.4, -0.2) is 25.7 Å². The van der Waals surface area contributed by atoms with Crippen LogP contribution in [0, 0.1) is 0 Å². The first kappa shape index (κ1) is 14.5. The molecule has 1 aromatic carbocycles. The molecule has 0 saturated heterocycles. The molecule has 0 spiro atoms. The zero-order valence-electron chi connectivity index (χ0n) is 11.1. The summed E-state index contributed by atoms with van der Waals surface area (Å²) in [5, 5.41) is 7.71. The van der Waals surface area contributed by atoms with Crippen LogP contribution in [0.3, 0.4) is 0 Å². The molecular formula is C14H9Cl2N5O. The SMILES string of the molecule is O=C(Nc1cc(Cl)ccc1-n1cncn1)c1cc(Cl)ccn1. The van der Waals surface area contributed by atoms with Gasteiger partial charge in [-0.05, 0) is 30.3 Å². The Morgan fingerprint density at radius 3 is 2.68 bits per heavy atom. The lowest BCUT2D eigenvalue weighted by Crippen LogP contribution is -2.15. The molecule has 0 aliphatic heterocycles. The van der Waals surface area contributed by atoms with Gasteiger partial charge in [-0.25, -0.2) is 9.67 Å². The van der Waals surface area contributed by atoms with Gasteiger partial charge >= 0.3 is 0 Å². The van der Waals surface area contributed by atoms with E-state index in [1.807, 2.05) is 0 Å². The van der Waals surface area contributed by atoms with Gasteiger partial charge in [0, 0.05) is 16.2 Å². The van der Waals surface area contributed by atoms with Gasteiger partial charge in [-0.15, -0.1) is 0 Å². The number of hydrogen-bond acceptors (Lipinski definition) is 4. The van der Waals surface area contributed by atoms with Crippen LogP contribution < -0.4 is 5.32 Å². The fourth-order valence-electron chi connectivity index (χ4n) is 1.86. The summed E-state index contributed by atoms with van der Waals surface area (Å²) in [6.07, 6.45) is 4.39. The van der Waals surface area contributed by atoms with Crippen LogP contribution in [0.4, 0.5) is 5.69 Å². The molecule has 1 amide bonds. The summed E-state index contributed by atoms with van der Waals surface area (Å²) in [7, 11) is 0. The number of nitrogens with zero attached hydrogens (tertiary/aromatic N) is 4. The van der Waals surface area contributed by atoms with Crippen molar-refractivity contribution in [2.75, 3.05) is 5.32 Å². The number of anilines is 1. The Bertz CT molecular complexity index is 820. The molecule has 2 aromatic heterocycles. The number of aromatic nitrogens is 4. The van der Waals surface area contributed by atoms with Crippen molar-refractivity contribution >= 4 is 34.8 Å². The Hall–Kier alpha value is -2.44. The topological polar surface area (TPSA) is 72.7 Å². The minimum Gasteiger partial charge on any atom is -0.319 e. The molecule has 0 aliphatic carbocycles. The van der Waals surface area contributed by atoms with E-state index in [2.05, 4.69) is 20.4 Å². The van der Waals surface area contributed by atoms with Gasteiger partial charge in [0.2, 0.25) is 0 Å². The van der Waals surface area contributed by atoms with E-state index < -0.39 is 5.91 Å². The summed E-state index contributed by atoms with van der Waals surface area (Å²) in [5.41, 5.74) is 1.33. The second-order valence-electron chi connectivity index (χ2n) is 4.31. The summed E-state index contributed by atoms with van der Waals surface area (Å²) in [5.74, 6) is -0.397. The van der Waals surface area contributed by atoms with E-state index in [0.717, 1.165) is 0 Å². The average molecular weight is 334 g/mol. The highest BCUT2D eigenvalue weighted by molar-refractivity contribution is 6.31. The minimum atomic E-state index is -0.397. The van der Waals surface area contributed by atoms with Crippen LogP contribution in [0.5, 0.6) is 0 Å². The molecule has 3 aromatic rings. The van der Waals surface area contributed by atoms with Crippen LogP contribution in [0.2, 0.25) is 10.0 Å². The van der Waals surface area contributed by atoms with E-state index >= 15 is 0 Å². The third-order valence-electron chi connectivity index (χ3n) is 2.83. The molecule has 3 rings (SSSR count). The maximum atomic E-state index is 12.3. The first-order chi connectivity index (χ1) is 10.6. The van der Waals surface area contributed by atoms with Crippen molar-refractivity contribution in [1.82, 2.24) is 19.7 Å². The molecule has 110 valence electrons. The maximum absolute atomic E-state index is 12.3. The first-order valence-corrected chi connectivity index (χ1v) is 6.96. The number of rotatable bonds is 3. The maximum Gasteiger partial charge on any atom is 0.274 e. The Kier molecular flexibility index (Phi) is 4.04. The van der Waals surface area contributed by atoms with Crippen LogP contribution in [0.25, 0.3) is 5.69 Å². The van der Waals surface area contributed by atoms with E-state index in [-0.39, 0.29) is 5.69 Å². The number of carbonyl (C=O) groups is 1. The highest BCUT2D eigenvalue weighted by Crippen LogP contribution is 2.24. The van der Waals surface area contributed by atoms with Crippen molar-refractivity contribution in [1.29, 1.82) is 0 Å². The standard InChI is InChI=1S/C14H9Cl2N5O/c15-9-1-2-13(21-8-17-7-19-21)11(5-9)20-14(22)12-6-10(16)3-4-18-12/h1-8H,(H,20,22). The number of halogens is 2. The lowest BCUT2D eigenvalue weighted by Gasteiger charge is -2.11. The molecule has 0 aliphatic rings. The van der Waals surface area contributed by atoms with E-state index in [1.165, 1.54) is 29.6 Å². The lowest BCUT2D eigenvalue weighted by atomic mass is 10.2. The molecule has 0 atom stereocenters. The number of benzene rings is 1. The zero-order chi connectivity index (χ0) is 15.5. The van der Waals surface area contributed by atoms with Crippen molar-refractivity contribution in [3.05, 3.63) is 64.9 Å². The molecule has 0 radical (unpaired) electrons. The first-order valence-electron chi connectivity index (χ1n) is 6.21. The van der Waals surface area contributed by atoms with Gasteiger partial charge in [0.1, 0.15) is 18.3 Å². The summed E-state index contributed by atoms with van der Waals surface area (Å²) >= 11 is 11.9. The van der Waals surface area contributed by atoms with Crippen molar-refractivity contribution in [2.24, 2.45) is 0 Å². The number of hydrogen-bond donors (Lipinski definition) is 1. The van der Waals surface area contributed by atoms with Gasteiger partial charge in [0.15, 0.2) is 0 Å². The lowest BCUT2D eigenvalue weighted by molar-refractivity contribution is 0.102. The summed E-state index contributed by atoms with van der Waals surface area (Å²) in [6, 6.07) is 8.14. The third kappa shape index (κ3) is 3.08. The highest BCUT2D eigenvalue weighted by atomic mass is 35.5. The van der Waals surface area contributed by atoms with Crippen LogP contribution in [0.1, 0.15) is 10.5 Å². The molecular weight excluding hydrogens is 325 g/mol. The highest BCUT2D eigenvalue weighted by Gasteiger charge is 2.13. The average Bonchev–Trinajstić information content (AvgIpc) is 3.01. The molecule has 1 N–H and O–H groups in total. The van der Waals surface area contributed by atoms with E-state index in [4.69, 9.17) is 23.2 Å².